The maximum absolute atomic E-state index is 12.7. The van der Waals surface area contributed by atoms with E-state index in [0.717, 1.165) is 30.7 Å². The molecule has 0 aliphatic carbocycles. The fourth-order valence-corrected chi connectivity index (χ4v) is 3.22. The molecule has 0 spiro atoms. The highest BCUT2D eigenvalue weighted by Gasteiger charge is 2.30. The maximum atomic E-state index is 12.7. The van der Waals surface area contributed by atoms with Crippen molar-refractivity contribution >= 4 is 5.91 Å². The first-order valence-corrected chi connectivity index (χ1v) is 8.42. The smallest absolute Gasteiger partial charge is 0.261 e. The Hall–Kier alpha value is -2.69. The van der Waals surface area contributed by atoms with Gasteiger partial charge in [-0.3, -0.25) is 4.79 Å². The highest BCUT2D eigenvalue weighted by atomic mass is 16.5. The number of likely N-dealkylation sites (tertiary alicyclic amines) is 1. The van der Waals surface area contributed by atoms with Crippen LogP contribution in [0.2, 0.25) is 0 Å². The Bertz CT molecular complexity index is 731. The van der Waals surface area contributed by atoms with Crippen molar-refractivity contribution in [2.24, 2.45) is 0 Å². The first kappa shape index (κ1) is 17.1. The topological polar surface area (TPSA) is 48.0 Å². The minimum atomic E-state index is -0.0174. The van der Waals surface area contributed by atoms with Gasteiger partial charge in [0.1, 0.15) is 5.75 Å². The fourth-order valence-electron chi connectivity index (χ4n) is 3.22. The third-order valence-corrected chi connectivity index (χ3v) is 4.47. The molecule has 1 heterocycles. The van der Waals surface area contributed by atoms with Gasteiger partial charge in [-0.15, -0.1) is 0 Å². The predicted octanol–water partition coefficient (Wildman–Crippen LogP) is 3.45. The van der Waals surface area contributed by atoms with Crippen LogP contribution in [0.15, 0.2) is 48.5 Å². The molecule has 1 atom stereocenters. The summed E-state index contributed by atoms with van der Waals surface area (Å²) in [6, 6.07) is 15.3. The second-order valence-electron chi connectivity index (χ2n) is 5.96. The van der Waals surface area contributed by atoms with Crippen LogP contribution in [0, 0.1) is 0 Å². The fraction of sp³-hybridized carbons (Fsp3) is 0.350. The van der Waals surface area contributed by atoms with E-state index in [2.05, 4.69) is 0 Å². The van der Waals surface area contributed by atoms with Crippen LogP contribution in [0.25, 0.3) is 0 Å². The summed E-state index contributed by atoms with van der Waals surface area (Å²) in [5.74, 6) is 2.00. The van der Waals surface area contributed by atoms with Crippen molar-refractivity contribution in [3.63, 3.8) is 0 Å². The molecule has 0 bridgehead atoms. The molecule has 1 aliphatic rings. The third kappa shape index (κ3) is 3.87. The Morgan fingerprint density at radius 3 is 2.64 bits per heavy atom. The average Bonchev–Trinajstić information content (AvgIpc) is 3.16. The number of ether oxygens (including phenoxy) is 3. The zero-order valence-electron chi connectivity index (χ0n) is 14.6. The van der Waals surface area contributed by atoms with E-state index < -0.39 is 0 Å². The van der Waals surface area contributed by atoms with E-state index in [1.807, 2.05) is 47.4 Å². The lowest BCUT2D eigenvalue weighted by molar-refractivity contribution is -0.134. The van der Waals surface area contributed by atoms with Gasteiger partial charge < -0.3 is 19.1 Å². The molecule has 25 heavy (non-hydrogen) atoms. The van der Waals surface area contributed by atoms with Gasteiger partial charge in [0.25, 0.3) is 5.91 Å². The molecule has 1 unspecified atom stereocenters. The zero-order valence-corrected chi connectivity index (χ0v) is 14.6. The normalized spacial score (nSPS) is 16.6. The summed E-state index contributed by atoms with van der Waals surface area (Å²) >= 11 is 0. The third-order valence-electron chi connectivity index (χ3n) is 4.47. The molecular weight excluding hydrogens is 318 g/mol. The lowest BCUT2D eigenvalue weighted by atomic mass is 10.0. The van der Waals surface area contributed by atoms with Gasteiger partial charge in [0.15, 0.2) is 18.1 Å². The summed E-state index contributed by atoms with van der Waals surface area (Å²) in [6.45, 7) is 0.747. The largest absolute Gasteiger partial charge is 0.497 e. The Kier molecular flexibility index (Phi) is 5.43. The van der Waals surface area contributed by atoms with E-state index in [-0.39, 0.29) is 18.6 Å². The summed E-state index contributed by atoms with van der Waals surface area (Å²) in [5, 5.41) is 0. The summed E-state index contributed by atoms with van der Waals surface area (Å²) < 4.78 is 16.2. The number of carbonyl (C=O) groups excluding carboxylic acids is 1. The van der Waals surface area contributed by atoms with Crippen molar-refractivity contribution in [2.45, 2.75) is 18.9 Å². The molecule has 2 aromatic rings. The molecule has 0 saturated carbocycles. The van der Waals surface area contributed by atoms with Gasteiger partial charge in [0.2, 0.25) is 0 Å². The number of para-hydroxylation sites is 2. The van der Waals surface area contributed by atoms with Gasteiger partial charge in [-0.25, -0.2) is 0 Å². The molecule has 0 aromatic heterocycles. The second kappa shape index (κ2) is 7.92. The number of benzene rings is 2. The van der Waals surface area contributed by atoms with Crippen molar-refractivity contribution in [3.05, 3.63) is 54.1 Å². The zero-order chi connectivity index (χ0) is 17.6. The standard InChI is InChI=1S/C20H23NO4/c1-23-16-8-5-7-15(13-16)17-9-6-12-21(17)20(22)14-25-19-11-4-3-10-18(19)24-2/h3-5,7-8,10-11,13,17H,6,9,12,14H2,1-2H3. The van der Waals surface area contributed by atoms with E-state index in [0.29, 0.717) is 11.5 Å². The van der Waals surface area contributed by atoms with Crippen LogP contribution in [0.1, 0.15) is 24.4 Å². The second-order valence-corrected chi connectivity index (χ2v) is 5.96. The monoisotopic (exact) mass is 341 g/mol. The Labute approximate surface area is 148 Å². The van der Waals surface area contributed by atoms with Crippen molar-refractivity contribution in [1.82, 2.24) is 4.90 Å². The van der Waals surface area contributed by atoms with Gasteiger partial charge >= 0.3 is 0 Å². The van der Waals surface area contributed by atoms with Gasteiger partial charge in [-0.2, -0.15) is 0 Å². The first-order valence-electron chi connectivity index (χ1n) is 8.42. The van der Waals surface area contributed by atoms with Crippen LogP contribution in [0.3, 0.4) is 0 Å². The quantitative estimate of drug-likeness (QED) is 0.807. The van der Waals surface area contributed by atoms with Crippen molar-refractivity contribution in [1.29, 1.82) is 0 Å². The highest BCUT2D eigenvalue weighted by molar-refractivity contribution is 5.78. The molecule has 2 aromatic carbocycles. The number of hydrogen-bond acceptors (Lipinski definition) is 4. The van der Waals surface area contributed by atoms with E-state index in [1.165, 1.54) is 0 Å². The Morgan fingerprint density at radius 2 is 1.88 bits per heavy atom. The van der Waals surface area contributed by atoms with Crippen LogP contribution >= 0.6 is 0 Å². The maximum Gasteiger partial charge on any atom is 0.261 e. The van der Waals surface area contributed by atoms with E-state index in [9.17, 15) is 4.79 Å². The summed E-state index contributed by atoms with van der Waals surface area (Å²) in [7, 11) is 3.24. The molecule has 5 heteroatoms. The minimum Gasteiger partial charge on any atom is -0.497 e. The van der Waals surface area contributed by atoms with Crippen LogP contribution < -0.4 is 14.2 Å². The van der Waals surface area contributed by atoms with Gasteiger partial charge in [0.05, 0.1) is 20.3 Å². The SMILES string of the molecule is COc1cccc(C2CCCN2C(=O)COc2ccccc2OC)c1. The molecular formula is C20H23NO4. The van der Waals surface area contributed by atoms with Crippen molar-refractivity contribution in [3.8, 4) is 17.2 Å². The van der Waals surface area contributed by atoms with Crippen LogP contribution in [-0.2, 0) is 4.79 Å². The molecule has 132 valence electrons. The number of carbonyl (C=O) groups is 1. The van der Waals surface area contributed by atoms with Crippen LogP contribution in [0.5, 0.6) is 17.2 Å². The summed E-state index contributed by atoms with van der Waals surface area (Å²) in [4.78, 5) is 14.6. The molecule has 1 amide bonds. The predicted molar refractivity (Wildman–Crippen MR) is 95.2 cm³/mol. The van der Waals surface area contributed by atoms with E-state index >= 15 is 0 Å². The van der Waals surface area contributed by atoms with E-state index in [4.69, 9.17) is 14.2 Å². The average molecular weight is 341 g/mol. The van der Waals surface area contributed by atoms with Crippen molar-refractivity contribution < 1.29 is 19.0 Å². The van der Waals surface area contributed by atoms with Gasteiger partial charge in [0, 0.05) is 6.54 Å². The number of hydrogen-bond donors (Lipinski definition) is 0. The lowest BCUT2D eigenvalue weighted by Gasteiger charge is -2.25. The number of rotatable bonds is 6. The molecule has 1 aliphatic heterocycles. The molecule has 3 rings (SSSR count). The number of methoxy groups -OCH3 is 2. The van der Waals surface area contributed by atoms with Crippen LogP contribution in [-0.4, -0.2) is 38.2 Å². The first-order chi connectivity index (χ1) is 12.2. The minimum absolute atomic E-state index is 0.000835. The number of nitrogens with zero attached hydrogens (tertiary/aromatic N) is 1. The van der Waals surface area contributed by atoms with Gasteiger partial charge in [-0.05, 0) is 42.7 Å². The Balaban J connectivity index is 1.68. The summed E-state index contributed by atoms with van der Waals surface area (Å²) in [6.07, 6.45) is 1.94. The molecule has 0 radical (unpaired) electrons. The molecule has 1 fully saturated rings. The summed E-state index contributed by atoms with van der Waals surface area (Å²) in [5.41, 5.74) is 1.10. The molecule has 1 saturated heterocycles. The van der Waals surface area contributed by atoms with Crippen molar-refractivity contribution in [2.75, 3.05) is 27.4 Å². The highest BCUT2D eigenvalue weighted by Crippen LogP contribution is 2.34. The Morgan fingerprint density at radius 1 is 1.08 bits per heavy atom. The van der Waals surface area contributed by atoms with Crippen LogP contribution in [0.4, 0.5) is 0 Å². The molecule has 5 nitrogen and oxygen atoms in total. The number of amides is 1. The lowest BCUT2D eigenvalue weighted by Crippen LogP contribution is -2.34. The van der Waals surface area contributed by atoms with E-state index in [1.54, 1.807) is 20.3 Å². The molecule has 0 N–H and O–H groups in total. The van der Waals surface area contributed by atoms with Gasteiger partial charge in [-0.1, -0.05) is 24.3 Å².